The molecule has 1 rings (SSSR count). The Kier molecular flexibility index (Phi) is 6.95. The van der Waals surface area contributed by atoms with Crippen molar-refractivity contribution in [2.24, 2.45) is 17.6 Å². The summed E-state index contributed by atoms with van der Waals surface area (Å²) in [6.45, 7) is 1.89. The zero-order chi connectivity index (χ0) is 17.6. The molecule has 3 atom stereocenters. The van der Waals surface area contributed by atoms with Gasteiger partial charge in [-0.15, -0.1) is 0 Å². The lowest BCUT2D eigenvalue weighted by Crippen LogP contribution is -2.54. The number of methoxy groups -OCH3 is 2. The van der Waals surface area contributed by atoms with Crippen LogP contribution >= 0.6 is 0 Å². The molecule has 1 saturated heterocycles. The Bertz CT molecular complexity index is 458. The van der Waals surface area contributed by atoms with Crippen LogP contribution in [0.25, 0.3) is 0 Å². The normalized spacial score (nSPS) is 19.7. The van der Waals surface area contributed by atoms with Crippen LogP contribution in [0.2, 0.25) is 0 Å². The van der Waals surface area contributed by atoms with Gasteiger partial charge in [-0.1, -0.05) is 6.92 Å². The van der Waals surface area contributed by atoms with Gasteiger partial charge in [-0.3, -0.25) is 19.2 Å². The van der Waals surface area contributed by atoms with Crippen molar-refractivity contribution < 1.29 is 33.4 Å². The molecule has 0 aromatic rings. The van der Waals surface area contributed by atoms with Gasteiger partial charge < -0.3 is 25.3 Å². The van der Waals surface area contributed by atoms with Crippen molar-refractivity contribution in [2.75, 3.05) is 20.8 Å². The topological polar surface area (TPSA) is 134 Å². The van der Waals surface area contributed by atoms with E-state index in [1.165, 1.54) is 6.92 Å². The predicted octanol–water partition coefficient (Wildman–Crippen LogP) is -1.27. The molecule has 0 spiro atoms. The van der Waals surface area contributed by atoms with Gasteiger partial charge in [0.2, 0.25) is 11.8 Å². The van der Waals surface area contributed by atoms with Crippen molar-refractivity contribution in [3.05, 3.63) is 0 Å². The maximum absolute atomic E-state index is 12.1. The van der Waals surface area contributed by atoms with E-state index >= 15 is 0 Å². The first-order chi connectivity index (χ1) is 10.8. The third kappa shape index (κ3) is 4.65. The predicted molar refractivity (Wildman–Crippen MR) is 76.8 cm³/mol. The third-order valence-electron chi connectivity index (χ3n) is 3.79. The maximum Gasteiger partial charge on any atom is 0.320 e. The molecule has 1 heterocycles. The van der Waals surface area contributed by atoms with Crippen LogP contribution in [0.1, 0.15) is 19.8 Å². The van der Waals surface area contributed by atoms with E-state index in [2.05, 4.69) is 14.8 Å². The third-order valence-corrected chi connectivity index (χ3v) is 3.79. The number of esters is 2. The zero-order valence-corrected chi connectivity index (χ0v) is 13.4. The molecule has 1 aliphatic heterocycles. The fourth-order valence-electron chi connectivity index (χ4n) is 2.46. The highest BCUT2D eigenvalue weighted by atomic mass is 16.5. The molecule has 23 heavy (non-hydrogen) atoms. The highest BCUT2D eigenvalue weighted by molar-refractivity contribution is 5.97. The maximum atomic E-state index is 12.1. The van der Waals surface area contributed by atoms with Gasteiger partial charge in [-0.2, -0.15) is 0 Å². The molecule has 0 aliphatic carbocycles. The molecule has 0 aromatic heterocycles. The molecule has 0 aromatic carbocycles. The van der Waals surface area contributed by atoms with E-state index in [0.717, 1.165) is 20.6 Å². The smallest absolute Gasteiger partial charge is 0.320 e. The number of ether oxygens (including phenoxy) is 3. The number of carbonyl (C=O) groups excluding carboxylic acids is 4. The number of carbonyl (C=O) groups is 4. The highest BCUT2D eigenvalue weighted by Gasteiger charge is 2.42. The van der Waals surface area contributed by atoms with Gasteiger partial charge in [0, 0.05) is 12.5 Å². The fraction of sp³-hybridized carbons (Fsp3) is 0.714. The van der Waals surface area contributed by atoms with Crippen LogP contribution in [0, 0.1) is 11.8 Å². The van der Waals surface area contributed by atoms with Gasteiger partial charge in [0.15, 0.2) is 5.92 Å². The Morgan fingerprint density at radius 1 is 1.17 bits per heavy atom. The number of hydrogen-bond donors (Lipinski definition) is 2. The number of nitrogens with one attached hydrogen (secondary N) is 1. The first-order valence-electron chi connectivity index (χ1n) is 7.20. The monoisotopic (exact) mass is 330 g/mol. The minimum atomic E-state index is -1.38. The Morgan fingerprint density at radius 3 is 2.13 bits per heavy atom. The first kappa shape index (κ1) is 18.9. The summed E-state index contributed by atoms with van der Waals surface area (Å²) in [5.41, 5.74) is 5.31. The molecule has 130 valence electrons. The minimum absolute atomic E-state index is 0.460. The lowest BCUT2D eigenvalue weighted by molar-refractivity contribution is -0.162. The molecule has 0 saturated carbocycles. The van der Waals surface area contributed by atoms with E-state index in [1.807, 2.05) is 0 Å². The van der Waals surface area contributed by atoms with E-state index < -0.39 is 47.7 Å². The number of hydrogen-bond acceptors (Lipinski definition) is 7. The van der Waals surface area contributed by atoms with E-state index in [0.29, 0.717) is 13.0 Å². The molecule has 1 aliphatic rings. The van der Waals surface area contributed by atoms with E-state index in [-0.39, 0.29) is 0 Å². The molecule has 2 amide bonds. The number of nitrogens with two attached hydrogens (primary N) is 1. The molecule has 1 fully saturated rings. The lowest BCUT2D eigenvalue weighted by atomic mass is 9.86. The van der Waals surface area contributed by atoms with E-state index in [1.54, 1.807) is 0 Å². The molecular formula is C14H22N2O7. The molecule has 3 N–H and O–H groups in total. The van der Waals surface area contributed by atoms with Crippen LogP contribution in [0.3, 0.4) is 0 Å². The van der Waals surface area contributed by atoms with Crippen LogP contribution in [-0.2, 0) is 33.4 Å². The van der Waals surface area contributed by atoms with Gasteiger partial charge in [0.05, 0.1) is 14.2 Å². The molecule has 0 unspecified atom stereocenters. The van der Waals surface area contributed by atoms with Gasteiger partial charge in [-0.05, 0) is 12.8 Å². The van der Waals surface area contributed by atoms with Crippen LogP contribution in [0.5, 0.6) is 0 Å². The van der Waals surface area contributed by atoms with Gasteiger partial charge in [-0.25, -0.2) is 0 Å². The van der Waals surface area contributed by atoms with Gasteiger partial charge >= 0.3 is 11.9 Å². The van der Waals surface area contributed by atoms with Crippen molar-refractivity contribution in [3.63, 3.8) is 0 Å². The van der Waals surface area contributed by atoms with Gasteiger partial charge in [0.25, 0.3) is 0 Å². The fourth-order valence-corrected chi connectivity index (χ4v) is 2.46. The minimum Gasteiger partial charge on any atom is -0.468 e. The van der Waals surface area contributed by atoms with Crippen molar-refractivity contribution in [2.45, 2.75) is 31.9 Å². The number of amides is 2. The van der Waals surface area contributed by atoms with Crippen LogP contribution in [-0.4, -0.2) is 56.7 Å². The zero-order valence-electron chi connectivity index (χ0n) is 13.4. The summed E-state index contributed by atoms with van der Waals surface area (Å²) in [5.74, 6) is -5.46. The average Bonchev–Trinajstić information content (AvgIpc) is 3.05. The molecule has 9 nitrogen and oxygen atoms in total. The Hall–Kier alpha value is -2.16. The lowest BCUT2D eigenvalue weighted by Gasteiger charge is -2.27. The summed E-state index contributed by atoms with van der Waals surface area (Å²) in [4.78, 5) is 47.4. The quantitative estimate of drug-likeness (QED) is 0.439. The Labute approximate surface area is 133 Å². The summed E-state index contributed by atoms with van der Waals surface area (Å²) in [5, 5.41) is 2.44. The SMILES string of the molecule is COC(=O)C(C(=O)OC)[C@@H](C)[C@H](NC(=O)[C@H]1CCCO1)C(N)=O. The number of primary amides is 1. The van der Waals surface area contributed by atoms with Crippen LogP contribution < -0.4 is 11.1 Å². The second kappa shape index (κ2) is 8.47. The summed E-state index contributed by atoms with van der Waals surface area (Å²) in [7, 11) is 2.21. The summed E-state index contributed by atoms with van der Waals surface area (Å²) >= 11 is 0. The Morgan fingerprint density at radius 2 is 1.74 bits per heavy atom. The summed E-state index contributed by atoms with van der Waals surface area (Å²) in [6, 6.07) is -1.24. The highest BCUT2D eigenvalue weighted by Crippen LogP contribution is 2.20. The average molecular weight is 330 g/mol. The standard InChI is InChI=1S/C14H22N2O7/c1-7(9(13(19)21-2)14(20)22-3)10(11(15)17)16-12(18)8-5-4-6-23-8/h7-10H,4-6H2,1-3H3,(H2,15,17)(H,16,18)/t7-,8-,10+/m1/s1. The van der Waals surface area contributed by atoms with Gasteiger partial charge in [0.1, 0.15) is 12.1 Å². The molecule has 9 heteroatoms. The molecular weight excluding hydrogens is 308 g/mol. The Balaban J connectivity index is 2.92. The van der Waals surface area contributed by atoms with Crippen LogP contribution in [0.15, 0.2) is 0 Å². The van der Waals surface area contributed by atoms with Crippen molar-refractivity contribution in [1.29, 1.82) is 0 Å². The van der Waals surface area contributed by atoms with Crippen molar-refractivity contribution in [1.82, 2.24) is 5.32 Å². The van der Waals surface area contributed by atoms with Crippen LogP contribution in [0.4, 0.5) is 0 Å². The largest absolute Gasteiger partial charge is 0.468 e. The summed E-state index contributed by atoms with van der Waals surface area (Å²) < 4.78 is 14.3. The molecule has 0 radical (unpaired) electrons. The molecule has 0 bridgehead atoms. The second-order valence-electron chi connectivity index (χ2n) is 5.27. The van der Waals surface area contributed by atoms with Crippen molar-refractivity contribution >= 4 is 23.8 Å². The second-order valence-corrected chi connectivity index (χ2v) is 5.27. The number of rotatable bonds is 7. The van der Waals surface area contributed by atoms with E-state index in [4.69, 9.17) is 10.5 Å². The van der Waals surface area contributed by atoms with Crippen molar-refractivity contribution in [3.8, 4) is 0 Å². The van der Waals surface area contributed by atoms with E-state index in [9.17, 15) is 19.2 Å². The summed E-state index contributed by atoms with van der Waals surface area (Å²) in [6.07, 6.45) is 0.601. The first-order valence-corrected chi connectivity index (χ1v) is 7.20.